The minimum Gasteiger partial charge on any atom is -0.508 e. The smallest absolute Gasteiger partial charge is 0.256 e. The van der Waals surface area contributed by atoms with Gasteiger partial charge in [-0.1, -0.05) is 0 Å². The van der Waals surface area contributed by atoms with Gasteiger partial charge in [-0.15, -0.1) is 0 Å². The molecule has 2 N–H and O–H groups in total. The lowest BCUT2D eigenvalue weighted by molar-refractivity contribution is 0.102. The number of aryl methyl sites for hydroxylation is 1. The Morgan fingerprint density at radius 1 is 1.39 bits per heavy atom. The van der Waals surface area contributed by atoms with E-state index in [9.17, 15) is 9.90 Å². The van der Waals surface area contributed by atoms with E-state index in [0.717, 1.165) is 0 Å². The number of nitrogens with one attached hydrogen (secondary N) is 1. The Kier molecular flexibility index (Phi) is 3.43. The van der Waals surface area contributed by atoms with Gasteiger partial charge in [-0.3, -0.25) is 4.79 Å². The van der Waals surface area contributed by atoms with Gasteiger partial charge in [0, 0.05) is 11.8 Å². The molecular weight excluding hydrogens is 254 g/mol. The molecule has 0 bridgehead atoms. The highest BCUT2D eigenvalue weighted by Gasteiger charge is 2.08. The van der Waals surface area contributed by atoms with Gasteiger partial charge in [0.1, 0.15) is 11.6 Å². The summed E-state index contributed by atoms with van der Waals surface area (Å²) in [6.45, 7) is 1.72. The van der Waals surface area contributed by atoms with E-state index < -0.39 is 0 Å². The van der Waals surface area contributed by atoms with Crippen LogP contribution in [0, 0.1) is 6.92 Å². The van der Waals surface area contributed by atoms with E-state index in [4.69, 9.17) is 11.6 Å². The number of phenolic OH excluding ortho intramolecular Hbond substituents is 1. The molecule has 2 aromatic rings. The number of hydrogen-bond acceptors (Lipinski definition) is 4. The number of aromatic hydroxyl groups is 1. The topological polar surface area (TPSA) is 75.1 Å². The standard InChI is InChI=1S/C12H10ClN3O2/c1-7-6-8(2-3-9(7)17)11(18)15-10-4-5-14-12(13)16-10/h2-6,17H,1H3,(H,14,15,16,18). The molecule has 1 amide bonds. The molecule has 0 atom stereocenters. The van der Waals surface area contributed by atoms with E-state index in [1.54, 1.807) is 13.0 Å². The summed E-state index contributed by atoms with van der Waals surface area (Å²) in [7, 11) is 0. The third kappa shape index (κ3) is 2.75. The van der Waals surface area contributed by atoms with Crippen LogP contribution < -0.4 is 5.32 Å². The number of hydrogen-bond donors (Lipinski definition) is 2. The zero-order valence-electron chi connectivity index (χ0n) is 9.51. The highest BCUT2D eigenvalue weighted by atomic mass is 35.5. The van der Waals surface area contributed by atoms with Crippen molar-refractivity contribution in [3.05, 3.63) is 46.9 Å². The number of benzene rings is 1. The van der Waals surface area contributed by atoms with Crippen LogP contribution in [-0.2, 0) is 0 Å². The average Bonchev–Trinajstić information content (AvgIpc) is 2.32. The van der Waals surface area contributed by atoms with Crippen molar-refractivity contribution >= 4 is 23.3 Å². The van der Waals surface area contributed by atoms with Crippen molar-refractivity contribution in [2.45, 2.75) is 6.92 Å². The van der Waals surface area contributed by atoms with E-state index in [0.29, 0.717) is 16.9 Å². The summed E-state index contributed by atoms with van der Waals surface area (Å²) >= 11 is 5.61. The molecule has 0 aliphatic carbocycles. The summed E-state index contributed by atoms with van der Waals surface area (Å²) in [5, 5.41) is 12.0. The third-order valence-electron chi connectivity index (χ3n) is 2.33. The highest BCUT2D eigenvalue weighted by Crippen LogP contribution is 2.17. The Morgan fingerprint density at radius 2 is 2.17 bits per heavy atom. The molecule has 92 valence electrons. The molecule has 2 rings (SSSR count). The van der Waals surface area contributed by atoms with Crippen LogP contribution in [0.1, 0.15) is 15.9 Å². The fourth-order valence-corrected chi connectivity index (χ4v) is 1.54. The Labute approximate surface area is 108 Å². The van der Waals surface area contributed by atoms with Crippen LogP contribution in [0.15, 0.2) is 30.5 Å². The number of rotatable bonds is 2. The molecule has 0 saturated heterocycles. The van der Waals surface area contributed by atoms with Gasteiger partial charge >= 0.3 is 0 Å². The van der Waals surface area contributed by atoms with Gasteiger partial charge in [0.2, 0.25) is 5.28 Å². The molecule has 1 aromatic heterocycles. The lowest BCUT2D eigenvalue weighted by Crippen LogP contribution is -2.13. The number of carbonyl (C=O) groups excluding carboxylic acids is 1. The van der Waals surface area contributed by atoms with Crippen LogP contribution in [0.2, 0.25) is 5.28 Å². The summed E-state index contributed by atoms with van der Waals surface area (Å²) in [5.74, 6) is 0.148. The minimum absolute atomic E-state index is 0.0645. The predicted molar refractivity (Wildman–Crippen MR) is 67.8 cm³/mol. The summed E-state index contributed by atoms with van der Waals surface area (Å²) in [4.78, 5) is 19.5. The van der Waals surface area contributed by atoms with Crippen molar-refractivity contribution in [1.29, 1.82) is 0 Å². The number of aromatic nitrogens is 2. The lowest BCUT2D eigenvalue weighted by atomic mass is 10.1. The molecule has 0 spiro atoms. The number of anilines is 1. The highest BCUT2D eigenvalue weighted by molar-refractivity contribution is 6.28. The second-order valence-corrected chi connectivity index (χ2v) is 4.00. The molecule has 1 aromatic carbocycles. The maximum atomic E-state index is 11.9. The van der Waals surface area contributed by atoms with Gasteiger partial charge in [0.05, 0.1) is 0 Å². The van der Waals surface area contributed by atoms with Gasteiger partial charge in [-0.2, -0.15) is 0 Å². The zero-order valence-corrected chi connectivity index (χ0v) is 10.3. The molecule has 6 heteroatoms. The first kappa shape index (κ1) is 12.3. The van der Waals surface area contributed by atoms with Gasteiger partial charge in [-0.25, -0.2) is 9.97 Å². The van der Waals surface area contributed by atoms with Crippen molar-refractivity contribution in [3.63, 3.8) is 0 Å². The summed E-state index contributed by atoms with van der Waals surface area (Å²) in [6.07, 6.45) is 1.45. The summed E-state index contributed by atoms with van der Waals surface area (Å²) < 4.78 is 0. The van der Waals surface area contributed by atoms with Crippen LogP contribution in [-0.4, -0.2) is 21.0 Å². The molecule has 0 aliphatic heterocycles. The fraction of sp³-hybridized carbons (Fsp3) is 0.0833. The minimum atomic E-state index is -0.326. The first-order valence-corrected chi connectivity index (χ1v) is 5.53. The van der Waals surface area contributed by atoms with Crippen LogP contribution in [0.25, 0.3) is 0 Å². The van der Waals surface area contributed by atoms with Gasteiger partial charge < -0.3 is 10.4 Å². The normalized spacial score (nSPS) is 10.1. The summed E-state index contributed by atoms with van der Waals surface area (Å²) in [6, 6.07) is 6.13. The molecule has 5 nitrogen and oxygen atoms in total. The van der Waals surface area contributed by atoms with Gasteiger partial charge in [0.25, 0.3) is 5.91 Å². The van der Waals surface area contributed by atoms with Crippen LogP contribution in [0.3, 0.4) is 0 Å². The molecular formula is C12H10ClN3O2. The summed E-state index contributed by atoms with van der Waals surface area (Å²) in [5.41, 5.74) is 1.06. The van der Waals surface area contributed by atoms with Crippen molar-refractivity contribution in [3.8, 4) is 5.75 Å². The van der Waals surface area contributed by atoms with Crippen molar-refractivity contribution < 1.29 is 9.90 Å². The van der Waals surface area contributed by atoms with E-state index in [-0.39, 0.29) is 16.9 Å². The van der Waals surface area contributed by atoms with Crippen LogP contribution >= 0.6 is 11.6 Å². The second kappa shape index (κ2) is 5.01. The second-order valence-electron chi connectivity index (χ2n) is 3.67. The number of phenols is 1. The van der Waals surface area contributed by atoms with Crippen molar-refractivity contribution in [1.82, 2.24) is 9.97 Å². The lowest BCUT2D eigenvalue weighted by Gasteiger charge is -2.05. The van der Waals surface area contributed by atoms with Gasteiger partial charge in [0.15, 0.2) is 0 Å². The average molecular weight is 264 g/mol. The van der Waals surface area contributed by atoms with Crippen molar-refractivity contribution in [2.75, 3.05) is 5.32 Å². The molecule has 18 heavy (non-hydrogen) atoms. The maximum absolute atomic E-state index is 11.9. The number of amides is 1. The number of halogens is 1. The van der Waals surface area contributed by atoms with E-state index in [1.807, 2.05) is 0 Å². The number of carbonyl (C=O) groups is 1. The zero-order chi connectivity index (χ0) is 13.1. The van der Waals surface area contributed by atoms with Gasteiger partial charge in [-0.05, 0) is 48.4 Å². The molecule has 0 radical (unpaired) electrons. The SMILES string of the molecule is Cc1cc(C(=O)Nc2ccnc(Cl)n2)ccc1O. The van der Waals surface area contributed by atoms with E-state index in [2.05, 4.69) is 15.3 Å². The Balaban J connectivity index is 2.19. The first-order valence-electron chi connectivity index (χ1n) is 5.16. The Morgan fingerprint density at radius 3 is 2.83 bits per heavy atom. The van der Waals surface area contributed by atoms with E-state index >= 15 is 0 Å². The number of nitrogens with zero attached hydrogens (tertiary/aromatic N) is 2. The third-order valence-corrected chi connectivity index (χ3v) is 2.51. The van der Waals surface area contributed by atoms with Crippen LogP contribution in [0.4, 0.5) is 5.82 Å². The maximum Gasteiger partial charge on any atom is 0.256 e. The largest absolute Gasteiger partial charge is 0.508 e. The predicted octanol–water partition coefficient (Wildman–Crippen LogP) is 2.40. The first-order chi connectivity index (χ1) is 8.56. The van der Waals surface area contributed by atoms with Crippen LogP contribution in [0.5, 0.6) is 5.75 Å². The van der Waals surface area contributed by atoms with Crippen molar-refractivity contribution in [2.24, 2.45) is 0 Å². The van der Waals surface area contributed by atoms with E-state index in [1.165, 1.54) is 24.4 Å². The molecule has 0 saturated carbocycles. The Hall–Kier alpha value is -2.14. The molecule has 1 heterocycles. The molecule has 0 fully saturated rings. The molecule has 0 unspecified atom stereocenters. The Bertz CT molecular complexity index is 602. The molecule has 0 aliphatic rings. The monoisotopic (exact) mass is 263 g/mol. The quantitative estimate of drug-likeness (QED) is 0.816. The fourth-order valence-electron chi connectivity index (χ4n) is 1.39.